The molecule has 0 saturated carbocycles. The van der Waals surface area contributed by atoms with E-state index < -0.39 is 0 Å². The number of carbonyl (C=O) groups excluding carboxylic acids is 1. The van der Waals surface area contributed by atoms with Crippen LogP contribution in [0, 0.1) is 12.7 Å². The van der Waals surface area contributed by atoms with Gasteiger partial charge in [0.2, 0.25) is 0 Å². The van der Waals surface area contributed by atoms with E-state index in [-0.39, 0.29) is 11.6 Å². The fraction of sp³-hybridized carbons (Fsp3) is 0.235. The van der Waals surface area contributed by atoms with Crippen molar-refractivity contribution in [2.45, 2.75) is 26.2 Å². The van der Waals surface area contributed by atoms with E-state index >= 15 is 0 Å². The Morgan fingerprint density at radius 1 is 0.947 bits per heavy atom. The summed E-state index contributed by atoms with van der Waals surface area (Å²) in [5.41, 5.74) is 3.27. The Kier molecular flexibility index (Phi) is 4.45. The van der Waals surface area contributed by atoms with Crippen LogP contribution < -0.4 is 0 Å². The summed E-state index contributed by atoms with van der Waals surface area (Å²) in [5, 5.41) is 0. The second-order valence-electron chi connectivity index (χ2n) is 4.83. The van der Waals surface area contributed by atoms with Gasteiger partial charge in [-0.05, 0) is 36.6 Å². The van der Waals surface area contributed by atoms with Crippen molar-refractivity contribution >= 4 is 5.78 Å². The van der Waals surface area contributed by atoms with Gasteiger partial charge in [-0.25, -0.2) is 4.39 Å². The number of Topliss-reactive ketones (excluding diaryl/α,β-unsaturated/α-hetero) is 1. The van der Waals surface area contributed by atoms with Gasteiger partial charge in [-0.15, -0.1) is 0 Å². The Balaban J connectivity index is 1.84. The van der Waals surface area contributed by atoms with E-state index in [4.69, 9.17) is 0 Å². The van der Waals surface area contributed by atoms with Crippen LogP contribution in [-0.4, -0.2) is 5.78 Å². The van der Waals surface area contributed by atoms with Crippen LogP contribution in [0.1, 0.15) is 23.1 Å². The second kappa shape index (κ2) is 6.28. The SMILES string of the molecule is Cc1ccc(CCC(=O)Cc2ccc(F)cc2)cc1. The van der Waals surface area contributed by atoms with Crippen LogP contribution in [0.25, 0.3) is 0 Å². The lowest BCUT2D eigenvalue weighted by molar-refractivity contribution is -0.118. The van der Waals surface area contributed by atoms with Crippen molar-refractivity contribution in [2.24, 2.45) is 0 Å². The van der Waals surface area contributed by atoms with Crippen molar-refractivity contribution in [1.29, 1.82) is 0 Å². The maximum absolute atomic E-state index is 12.7. The number of rotatable bonds is 5. The van der Waals surface area contributed by atoms with Gasteiger partial charge in [-0.2, -0.15) is 0 Å². The molecule has 0 spiro atoms. The summed E-state index contributed by atoms with van der Waals surface area (Å²) in [5.74, 6) is -0.0805. The number of hydrogen-bond donors (Lipinski definition) is 0. The van der Waals surface area contributed by atoms with Gasteiger partial charge in [0.1, 0.15) is 11.6 Å². The summed E-state index contributed by atoms with van der Waals surface area (Å²) >= 11 is 0. The summed E-state index contributed by atoms with van der Waals surface area (Å²) in [6.45, 7) is 2.05. The molecule has 0 aliphatic carbocycles. The van der Waals surface area contributed by atoms with Crippen molar-refractivity contribution in [3.8, 4) is 0 Å². The minimum Gasteiger partial charge on any atom is -0.299 e. The van der Waals surface area contributed by atoms with E-state index in [1.807, 2.05) is 6.92 Å². The standard InChI is InChI=1S/C17H17FO/c1-13-2-4-14(5-3-13)8-11-17(19)12-15-6-9-16(18)10-7-15/h2-7,9-10H,8,11-12H2,1H3. The first-order chi connectivity index (χ1) is 9.13. The molecular formula is C17H17FO. The molecule has 0 fully saturated rings. The van der Waals surface area contributed by atoms with Gasteiger partial charge in [0.15, 0.2) is 0 Å². The summed E-state index contributed by atoms with van der Waals surface area (Å²) in [4.78, 5) is 11.8. The van der Waals surface area contributed by atoms with Gasteiger partial charge in [0, 0.05) is 12.8 Å². The van der Waals surface area contributed by atoms with Gasteiger partial charge < -0.3 is 0 Å². The van der Waals surface area contributed by atoms with Crippen LogP contribution in [0.2, 0.25) is 0 Å². The summed E-state index contributed by atoms with van der Waals surface area (Å²) in [6.07, 6.45) is 1.67. The van der Waals surface area contributed by atoms with Gasteiger partial charge in [-0.3, -0.25) is 4.79 Å². The van der Waals surface area contributed by atoms with Gasteiger partial charge in [0.25, 0.3) is 0 Å². The average molecular weight is 256 g/mol. The molecule has 0 N–H and O–H groups in total. The number of hydrogen-bond acceptors (Lipinski definition) is 1. The third kappa shape index (κ3) is 4.32. The summed E-state index contributed by atoms with van der Waals surface area (Å²) in [7, 11) is 0. The van der Waals surface area contributed by atoms with Gasteiger partial charge >= 0.3 is 0 Å². The lowest BCUT2D eigenvalue weighted by Crippen LogP contribution is -2.04. The molecule has 98 valence electrons. The average Bonchev–Trinajstić information content (AvgIpc) is 2.41. The van der Waals surface area contributed by atoms with Gasteiger partial charge in [0.05, 0.1) is 0 Å². The molecule has 2 heteroatoms. The maximum atomic E-state index is 12.7. The molecule has 2 aromatic rings. The third-order valence-electron chi connectivity index (χ3n) is 3.13. The molecule has 0 aliphatic heterocycles. The summed E-state index contributed by atoms with van der Waals surface area (Å²) < 4.78 is 12.7. The normalized spacial score (nSPS) is 10.4. The molecule has 19 heavy (non-hydrogen) atoms. The number of ketones is 1. The minimum atomic E-state index is -0.268. The molecular weight excluding hydrogens is 239 g/mol. The zero-order valence-electron chi connectivity index (χ0n) is 11.0. The van der Waals surface area contributed by atoms with E-state index in [0.717, 1.165) is 12.0 Å². The van der Waals surface area contributed by atoms with Crippen LogP contribution in [0.5, 0.6) is 0 Å². The first kappa shape index (κ1) is 13.5. The molecule has 0 bridgehead atoms. The number of halogens is 1. The fourth-order valence-electron chi connectivity index (χ4n) is 1.96. The Labute approximate surface area is 113 Å². The van der Waals surface area contributed by atoms with Crippen LogP contribution in [-0.2, 0) is 17.6 Å². The highest BCUT2D eigenvalue weighted by Gasteiger charge is 2.04. The summed E-state index contributed by atoms with van der Waals surface area (Å²) in [6, 6.07) is 14.3. The lowest BCUT2D eigenvalue weighted by atomic mass is 10.0. The number of benzene rings is 2. The fourth-order valence-corrected chi connectivity index (χ4v) is 1.96. The van der Waals surface area contributed by atoms with E-state index in [2.05, 4.69) is 24.3 Å². The van der Waals surface area contributed by atoms with Crippen LogP contribution in [0.4, 0.5) is 4.39 Å². The van der Waals surface area contributed by atoms with Crippen molar-refractivity contribution in [3.63, 3.8) is 0 Å². The molecule has 0 amide bonds. The van der Waals surface area contributed by atoms with Crippen LogP contribution in [0.15, 0.2) is 48.5 Å². The third-order valence-corrected chi connectivity index (χ3v) is 3.13. The first-order valence-corrected chi connectivity index (χ1v) is 6.45. The monoisotopic (exact) mass is 256 g/mol. The van der Waals surface area contributed by atoms with Crippen LogP contribution in [0.3, 0.4) is 0 Å². The predicted molar refractivity (Wildman–Crippen MR) is 74.6 cm³/mol. The van der Waals surface area contributed by atoms with Crippen molar-refractivity contribution in [2.75, 3.05) is 0 Å². The Morgan fingerprint density at radius 3 is 2.16 bits per heavy atom. The highest BCUT2D eigenvalue weighted by molar-refractivity contribution is 5.81. The highest BCUT2D eigenvalue weighted by Crippen LogP contribution is 2.09. The van der Waals surface area contributed by atoms with E-state index in [9.17, 15) is 9.18 Å². The topological polar surface area (TPSA) is 17.1 Å². The molecule has 0 aromatic heterocycles. The second-order valence-corrected chi connectivity index (χ2v) is 4.83. The Bertz CT molecular complexity index is 540. The number of carbonyl (C=O) groups is 1. The smallest absolute Gasteiger partial charge is 0.137 e. The zero-order chi connectivity index (χ0) is 13.7. The first-order valence-electron chi connectivity index (χ1n) is 6.45. The number of aryl methyl sites for hydroxylation is 2. The molecule has 0 unspecified atom stereocenters. The zero-order valence-corrected chi connectivity index (χ0v) is 11.0. The molecule has 2 rings (SSSR count). The molecule has 2 aromatic carbocycles. The van der Waals surface area contributed by atoms with E-state index in [1.165, 1.54) is 23.3 Å². The molecule has 0 aliphatic rings. The quantitative estimate of drug-likeness (QED) is 0.793. The van der Waals surface area contributed by atoms with Gasteiger partial charge in [-0.1, -0.05) is 42.0 Å². The molecule has 0 saturated heterocycles. The predicted octanol–water partition coefficient (Wildman–Crippen LogP) is 3.88. The highest BCUT2D eigenvalue weighted by atomic mass is 19.1. The maximum Gasteiger partial charge on any atom is 0.137 e. The largest absolute Gasteiger partial charge is 0.299 e. The lowest BCUT2D eigenvalue weighted by Gasteiger charge is -2.03. The minimum absolute atomic E-state index is 0.187. The van der Waals surface area contributed by atoms with Crippen molar-refractivity contribution in [3.05, 3.63) is 71.0 Å². The molecule has 0 atom stereocenters. The van der Waals surface area contributed by atoms with E-state index in [1.54, 1.807) is 12.1 Å². The van der Waals surface area contributed by atoms with Crippen molar-refractivity contribution in [1.82, 2.24) is 0 Å². The Morgan fingerprint density at radius 2 is 1.53 bits per heavy atom. The molecule has 0 radical (unpaired) electrons. The Hall–Kier alpha value is -1.96. The molecule has 1 nitrogen and oxygen atoms in total. The van der Waals surface area contributed by atoms with E-state index in [0.29, 0.717) is 12.8 Å². The molecule has 0 heterocycles. The van der Waals surface area contributed by atoms with Crippen LogP contribution >= 0.6 is 0 Å². The van der Waals surface area contributed by atoms with Crippen molar-refractivity contribution < 1.29 is 9.18 Å².